The number of fused-ring (bicyclic) bond motifs is 2. The molecule has 2 aromatic heterocycles. The fraction of sp³-hybridized carbons (Fsp3) is 0.386. The molecule has 0 saturated carbocycles. The third-order valence-electron chi connectivity index (χ3n) is 12.8. The number of rotatable bonds is 9. The number of ether oxygens (including phenoxy) is 1. The number of hydrogen-bond donors (Lipinski definition) is 2. The topological polar surface area (TPSA) is 172 Å². The lowest BCUT2D eigenvalue weighted by Crippen LogP contribution is -2.54. The highest BCUT2D eigenvalue weighted by Gasteiger charge is 2.45. The number of nitrogens with zero attached hydrogens (tertiary/aromatic N) is 8. The van der Waals surface area contributed by atoms with Gasteiger partial charge in [0.15, 0.2) is 5.65 Å². The summed E-state index contributed by atoms with van der Waals surface area (Å²) in [5.41, 5.74) is 10.5. The number of hydrogen-bond acceptors (Lipinski definition) is 12. The van der Waals surface area contributed by atoms with Crippen molar-refractivity contribution in [2.45, 2.75) is 56.7 Å². The van der Waals surface area contributed by atoms with E-state index in [0.717, 1.165) is 116 Å². The van der Waals surface area contributed by atoms with Gasteiger partial charge >= 0.3 is 0 Å². The third kappa shape index (κ3) is 6.97. The van der Waals surface area contributed by atoms with Crippen LogP contribution in [-0.4, -0.2) is 116 Å². The van der Waals surface area contributed by atoms with Crippen molar-refractivity contribution < 1.29 is 23.9 Å². The van der Waals surface area contributed by atoms with Gasteiger partial charge in [-0.1, -0.05) is 18.2 Å². The molecule has 5 aliphatic heterocycles. The first-order valence-electron chi connectivity index (χ1n) is 20.7. The second-order valence-corrected chi connectivity index (χ2v) is 16.4. The molecule has 5 aliphatic rings. The van der Waals surface area contributed by atoms with Crippen LogP contribution >= 0.6 is 0 Å². The van der Waals surface area contributed by atoms with E-state index < -0.39 is 23.8 Å². The van der Waals surface area contributed by atoms with E-state index in [1.54, 1.807) is 12.1 Å². The van der Waals surface area contributed by atoms with E-state index in [2.05, 4.69) is 34.7 Å². The van der Waals surface area contributed by atoms with Crippen molar-refractivity contribution in [1.82, 2.24) is 39.8 Å². The van der Waals surface area contributed by atoms with Crippen molar-refractivity contribution in [1.29, 1.82) is 0 Å². The van der Waals surface area contributed by atoms with Crippen molar-refractivity contribution in [2.75, 3.05) is 56.4 Å². The number of piperidine rings is 2. The maximum Gasteiger partial charge on any atom is 0.262 e. The minimum atomic E-state index is -0.966. The number of likely N-dealkylation sites (tertiary alicyclic amines) is 2. The van der Waals surface area contributed by atoms with E-state index in [0.29, 0.717) is 28.9 Å². The summed E-state index contributed by atoms with van der Waals surface area (Å²) in [6.45, 7) is 6.89. The highest BCUT2D eigenvalue weighted by atomic mass is 16.5. The maximum absolute atomic E-state index is 13.4. The van der Waals surface area contributed by atoms with Crippen LogP contribution in [0.3, 0.4) is 0 Å². The van der Waals surface area contributed by atoms with Gasteiger partial charge in [0.1, 0.15) is 35.4 Å². The lowest BCUT2D eigenvalue weighted by molar-refractivity contribution is -0.136. The van der Waals surface area contributed by atoms with E-state index >= 15 is 0 Å². The average Bonchev–Trinajstić information content (AvgIpc) is 4.06. The molecule has 3 atom stereocenters. The van der Waals surface area contributed by atoms with E-state index in [9.17, 15) is 19.2 Å². The predicted octanol–water partition coefficient (Wildman–Crippen LogP) is 4.51. The summed E-state index contributed by atoms with van der Waals surface area (Å²) < 4.78 is 8.09. The maximum atomic E-state index is 13.4. The van der Waals surface area contributed by atoms with E-state index in [1.807, 2.05) is 60.7 Å². The van der Waals surface area contributed by atoms with Gasteiger partial charge in [-0.15, -0.1) is 0 Å². The van der Waals surface area contributed by atoms with Gasteiger partial charge in [0, 0.05) is 63.0 Å². The van der Waals surface area contributed by atoms with E-state index in [4.69, 9.17) is 15.6 Å². The zero-order valence-corrected chi connectivity index (χ0v) is 32.7. The molecule has 15 nitrogen and oxygen atoms in total. The van der Waals surface area contributed by atoms with Gasteiger partial charge in [0.05, 0.1) is 22.6 Å². The van der Waals surface area contributed by atoms with E-state index in [-0.39, 0.29) is 24.8 Å². The first-order valence-corrected chi connectivity index (χ1v) is 20.7. The van der Waals surface area contributed by atoms with Crippen LogP contribution in [-0.2, 0) is 9.59 Å². The zero-order valence-electron chi connectivity index (χ0n) is 32.7. The third-order valence-corrected chi connectivity index (χ3v) is 12.8. The number of carbonyl (C=O) groups is 4. The minimum Gasteiger partial charge on any atom is -0.457 e. The van der Waals surface area contributed by atoms with Gasteiger partial charge < -0.3 is 20.3 Å². The molecule has 3 aromatic carbocycles. The number of nitrogens with one attached hydrogen (secondary N) is 1. The Morgan fingerprint density at radius 3 is 2.32 bits per heavy atom. The molecule has 302 valence electrons. The number of aromatic nitrogens is 4. The molecule has 0 bridgehead atoms. The molecule has 5 aromatic rings. The Hall–Kier alpha value is -6.19. The Balaban J connectivity index is 0.740. The summed E-state index contributed by atoms with van der Waals surface area (Å²) in [7, 11) is 0. The molecule has 0 spiro atoms. The van der Waals surface area contributed by atoms with Crippen molar-refractivity contribution in [2.24, 2.45) is 5.92 Å². The average molecular weight is 795 g/mol. The second-order valence-electron chi connectivity index (χ2n) is 16.4. The monoisotopic (exact) mass is 794 g/mol. The summed E-state index contributed by atoms with van der Waals surface area (Å²) in [6.07, 6.45) is 5.91. The van der Waals surface area contributed by atoms with Crippen LogP contribution in [0.2, 0.25) is 0 Å². The zero-order chi connectivity index (χ0) is 40.2. The highest BCUT2D eigenvalue weighted by Crippen LogP contribution is 2.37. The number of nitrogen functional groups attached to an aromatic ring is 1. The van der Waals surface area contributed by atoms with Crippen LogP contribution in [0, 0.1) is 5.92 Å². The Labute approximate surface area is 341 Å². The summed E-state index contributed by atoms with van der Waals surface area (Å²) >= 11 is 0. The number of carbonyl (C=O) groups excluding carboxylic acids is 4. The molecule has 0 aliphatic carbocycles. The molecule has 7 heterocycles. The van der Waals surface area contributed by atoms with Crippen molar-refractivity contribution in [3.63, 3.8) is 0 Å². The van der Waals surface area contributed by atoms with Gasteiger partial charge in [-0.25, -0.2) is 14.6 Å². The van der Waals surface area contributed by atoms with Crippen LogP contribution in [0.15, 0.2) is 79.1 Å². The predicted molar refractivity (Wildman–Crippen MR) is 220 cm³/mol. The Kier molecular flexibility index (Phi) is 9.56. The summed E-state index contributed by atoms with van der Waals surface area (Å²) in [4.78, 5) is 68.3. The van der Waals surface area contributed by atoms with Crippen molar-refractivity contribution in [3.05, 3.63) is 90.3 Å². The summed E-state index contributed by atoms with van der Waals surface area (Å²) in [5.74, 6) is 0.511. The summed E-state index contributed by atoms with van der Waals surface area (Å²) in [5, 5.41) is 8.17. The fourth-order valence-corrected chi connectivity index (χ4v) is 9.77. The number of amides is 4. The Morgan fingerprint density at radius 2 is 1.53 bits per heavy atom. The molecule has 3 N–H and O–H groups in total. The van der Waals surface area contributed by atoms with Crippen molar-refractivity contribution in [3.8, 4) is 22.8 Å². The standard InChI is InChI=1S/C44H46N10O5/c45-40-38-39(28-6-9-33(10-7-28)59-32-4-2-1-3-5-32)49-54(41(38)47-26-46-40)29-16-20-51(21-17-29)31-15-18-50(25-31)23-27-14-19-52(24-27)30-8-11-34-35(22-30)44(58)53(43(34)57)36-12-13-37(55)48-42(36)56/h1-11,22,26-27,29,31,36H,12-21,23-25H2,(H2,45,46,47)(H,48,55,56). The van der Waals surface area contributed by atoms with Crippen LogP contribution in [0.1, 0.15) is 65.3 Å². The number of nitrogens with two attached hydrogens (primary N) is 1. The van der Waals surface area contributed by atoms with Gasteiger partial charge in [-0.3, -0.25) is 34.3 Å². The van der Waals surface area contributed by atoms with E-state index in [1.165, 1.54) is 6.33 Å². The van der Waals surface area contributed by atoms with Crippen molar-refractivity contribution >= 4 is 46.2 Å². The molecule has 59 heavy (non-hydrogen) atoms. The fourth-order valence-electron chi connectivity index (χ4n) is 9.77. The minimum absolute atomic E-state index is 0.0988. The lowest BCUT2D eigenvalue weighted by atomic mass is 10.0. The van der Waals surface area contributed by atoms with Gasteiger partial charge in [0.2, 0.25) is 11.8 Å². The molecule has 0 radical (unpaired) electrons. The highest BCUT2D eigenvalue weighted by molar-refractivity contribution is 6.23. The van der Waals surface area contributed by atoms with Crippen LogP contribution in [0.4, 0.5) is 11.5 Å². The number of anilines is 2. The molecule has 4 fully saturated rings. The summed E-state index contributed by atoms with van der Waals surface area (Å²) in [6, 6.07) is 22.8. The van der Waals surface area contributed by atoms with Crippen LogP contribution < -0.4 is 20.7 Å². The normalized spacial score (nSPS) is 23.1. The molecule has 4 saturated heterocycles. The molecule has 4 amide bonds. The SMILES string of the molecule is Nc1ncnc2c1c(-c1ccc(Oc3ccccc3)cc1)nn2C1CCN(C2CCN(CC3CCN(c4ccc5c(c4)C(=O)N(C4CCC(=O)NC4=O)C5=O)C3)C2)CC1. The van der Waals surface area contributed by atoms with Crippen LogP contribution in [0.5, 0.6) is 11.5 Å². The Morgan fingerprint density at radius 1 is 0.763 bits per heavy atom. The quantitative estimate of drug-likeness (QED) is 0.201. The number of benzene rings is 3. The molecule has 10 rings (SSSR count). The molecule has 15 heteroatoms. The van der Waals surface area contributed by atoms with Gasteiger partial charge in [-0.05, 0) is 99.2 Å². The number of para-hydroxylation sites is 1. The molecular weight excluding hydrogens is 749 g/mol. The molecule has 3 unspecified atom stereocenters. The lowest BCUT2D eigenvalue weighted by Gasteiger charge is -2.36. The van der Waals surface area contributed by atoms with Crippen LogP contribution in [0.25, 0.3) is 22.3 Å². The Bertz CT molecular complexity index is 2450. The molecular formula is C44H46N10O5. The first kappa shape index (κ1) is 37.1. The second kappa shape index (κ2) is 15.2. The van der Waals surface area contributed by atoms with Gasteiger partial charge in [0.25, 0.3) is 11.8 Å². The first-order chi connectivity index (χ1) is 28.8. The number of imide groups is 2. The van der Waals surface area contributed by atoms with Gasteiger partial charge in [-0.2, -0.15) is 5.10 Å². The smallest absolute Gasteiger partial charge is 0.262 e. The largest absolute Gasteiger partial charge is 0.457 e.